The Kier molecular flexibility index (Phi) is 10.9. The maximum absolute atomic E-state index is 14.3. The van der Waals surface area contributed by atoms with Crippen molar-refractivity contribution in [3.63, 3.8) is 0 Å². The number of carbonyl (C=O) groups excluding carboxylic acids is 2. The summed E-state index contributed by atoms with van der Waals surface area (Å²) in [5.74, 6) is -0.780. The minimum absolute atomic E-state index is 0.0719. The lowest BCUT2D eigenvalue weighted by molar-refractivity contribution is -0.140. The lowest BCUT2D eigenvalue weighted by Crippen LogP contribution is -2.53. The SMILES string of the molecule is CCCNC(=O)[C@H](Cc1ccccc1)N(Cc1ccc(Br)cc1)C(=O)CN(c1ccccc1)S(=O)(=O)c1ccccc1. The highest BCUT2D eigenvalue weighted by molar-refractivity contribution is 9.10. The number of nitrogens with zero attached hydrogens (tertiary/aromatic N) is 2. The van der Waals surface area contributed by atoms with Gasteiger partial charge in [-0.05, 0) is 53.9 Å². The maximum Gasteiger partial charge on any atom is 0.264 e. The van der Waals surface area contributed by atoms with Crippen molar-refractivity contribution in [2.75, 3.05) is 17.4 Å². The van der Waals surface area contributed by atoms with Gasteiger partial charge in [0.05, 0.1) is 10.6 Å². The van der Waals surface area contributed by atoms with Crippen LogP contribution in [0.15, 0.2) is 125 Å². The third-order valence-electron chi connectivity index (χ3n) is 6.74. The molecule has 0 aliphatic rings. The summed E-state index contributed by atoms with van der Waals surface area (Å²) in [5, 5.41) is 2.95. The van der Waals surface area contributed by atoms with Gasteiger partial charge in [0.2, 0.25) is 11.8 Å². The van der Waals surface area contributed by atoms with E-state index in [1.807, 2.05) is 61.5 Å². The molecule has 0 spiro atoms. The van der Waals surface area contributed by atoms with Crippen LogP contribution in [0.5, 0.6) is 0 Å². The van der Waals surface area contributed by atoms with Gasteiger partial charge in [-0.25, -0.2) is 8.42 Å². The van der Waals surface area contributed by atoms with E-state index in [0.717, 1.165) is 26.3 Å². The van der Waals surface area contributed by atoms with Crippen molar-refractivity contribution in [1.82, 2.24) is 10.2 Å². The van der Waals surface area contributed by atoms with Gasteiger partial charge in [0, 0.05) is 24.0 Å². The molecular formula is C33H34BrN3O4S. The van der Waals surface area contributed by atoms with Crippen LogP contribution in [0.3, 0.4) is 0 Å². The van der Waals surface area contributed by atoms with Gasteiger partial charge in [-0.15, -0.1) is 0 Å². The quantitative estimate of drug-likeness (QED) is 0.198. The largest absolute Gasteiger partial charge is 0.354 e. The van der Waals surface area contributed by atoms with Crippen molar-refractivity contribution in [2.24, 2.45) is 0 Å². The molecule has 218 valence electrons. The lowest BCUT2D eigenvalue weighted by atomic mass is 10.0. The van der Waals surface area contributed by atoms with Gasteiger partial charge < -0.3 is 10.2 Å². The summed E-state index contributed by atoms with van der Waals surface area (Å²) < 4.78 is 29.8. The van der Waals surface area contributed by atoms with Crippen LogP contribution in [0.4, 0.5) is 5.69 Å². The van der Waals surface area contributed by atoms with Crippen LogP contribution in [0, 0.1) is 0 Å². The third-order valence-corrected chi connectivity index (χ3v) is 9.06. The Bertz CT molecular complexity index is 1550. The van der Waals surface area contributed by atoms with Gasteiger partial charge in [0.1, 0.15) is 12.6 Å². The van der Waals surface area contributed by atoms with E-state index in [2.05, 4.69) is 21.2 Å². The number of hydrogen-bond donors (Lipinski definition) is 1. The molecule has 0 radical (unpaired) electrons. The van der Waals surface area contributed by atoms with Crippen molar-refractivity contribution < 1.29 is 18.0 Å². The number of amides is 2. The van der Waals surface area contributed by atoms with E-state index in [0.29, 0.717) is 12.2 Å². The summed E-state index contributed by atoms with van der Waals surface area (Å²) in [4.78, 5) is 29.5. The van der Waals surface area contributed by atoms with E-state index in [1.54, 1.807) is 48.5 Å². The fourth-order valence-electron chi connectivity index (χ4n) is 4.55. The smallest absolute Gasteiger partial charge is 0.264 e. The molecular weight excluding hydrogens is 614 g/mol. The average molecular weight is 649 g/mol. The first-order valence-corrected chi connectivity index (χ1v) is 16.0. The molecule has 7 nitrogen and oxygen atoms in total. The predicted molar refractivity (Wildman–Crippen MR) is 169 cm³/mol. The molecule has 0 aliphatic carbocycles. The Morgan fingerprint density at radius 3 is 1.95 bits per heavy atom. The van der Waals surface area contributed by atoms with Gasteiger partial charge in [-0.1, -0.05) is 102 Å². The van der Waals surface area contributed by atoms with Crippen LogP contribution < -0.4 is 9.62 Å². The molecule has 42 heavy (non-hydrogen) atoms. The maximum atomic E-state index is 14.3. The fourth-order valence-corrected chi connectivity index (χ4v) is 6.25. The van der Waals surface area contributed by atoms with Crippen molar-refractivity contribution in [2.45, 2.75) is 37.2 Å². The van der Waals surface area contributed by atoms with Crippen molar-refractivity contribution in [3.05, 3.63) is 131 Å². The fraction of sp³-hybridized carbons (Fsp3) is 0.212. The monoisotopic (exact) mass is 647 g/mol. The first-order valence-electron chi connectivity index (χ1n) is 13.8. The second-order valence-electron chi connectivity index (χ2n) is 9.80. The highest BCUT2D eigenvalue weighted by Gasteiger charge is 2.34. The number of para-hydroxylation sites is 1. The zero-order valence-corrected chi connectivity index (χ0v) is 25.8. The Morgan fingerprint density at radius 1 is 0.786 bits per heavy atom. The molecule has 0 unspecified atom stereocenters. The minimum atomic E-state index is -4.10. The van der Waals surface area contributed by atoms with Crippen LogP contribution >= 0.6 is 15.9 Å². The Hall–Kier alpha value is -3.95. The second kappa shape index (κ2) is 14.8. The zero-order chi connectivity index (χ0) is 30.0. The van der Waals surface area contributed by atoms with Crippen molar-refractivity contribution in [3.8, 4) is 0 Å². The number of benzene rings is 4. The van der Waals surface area contributed by atoms with Gasteiger partial charge in [-0.3, -0.25) is 13.9 Å². The van der Waals surface area contributed by atoms with Crippen LogP contribution in [-0.4, -0.2) is 44.3 Å². The minimum Gasteiger partial charge on any atom is -0.354 e. The molecule has 2 amide bonds. The first-order chi connectivity index (χ1) is 20.3. The molecule has 0 aliphatic heterocycles. The summed E-state index contributed by atoms with van der Waals surface area (Å²) in [7, 11) is -4.10. The number of carbonyl (C=O) groups is 2. The van der Waals surface area contributed by atoms with E-state index < -0.39 is 28.5 Å². The number of anilines is 1. The zero-order valence-electron chi connectivity index (χ0n) is 23.4. The highest BCUT2D eigenvalue weighted by atomic mass is 79.9. The predicted octanol–water partition coefficient (Wildman–Crippen LogP) is 5.81. The topological polar surface area (TPSA) is 86.8 Å². The summed E-state index contributed by atoms with van der Waals surface area (Å²) in [5.41, 5.74) is 2.05. The Balaban J connectivity index is 1.76. The molecule has 0 saturated carbocycles. The molecule has 9 heteroatoms. The summed E-state index contributed by atoms with van der Waals surface area (Å²) in [6, 6.07) is 32.7. The molecule has 0 fully saturated rings. The number of nitrogens with one attached hydrogen (secondary N) is 1. The molecule has 1 atom stereocenters. The van der Waals surface area contributed by atoms with E-state index in [1.165, 1.54) is 17.0 Å². The van der Waals surface area contributed by atoms with E-state index in [4.69, 9.17) is 0 Å². The van der Waals surface area contributed by atoms with Crippen molar-refractivity contribution in [1.29, 1.82) is 0 Å². The van der Waals surface area contributed by atoms with E-state index in [-0.39, 0.29) is 23.8 Å². The molecule has 0 bridgehead atoms. The highest BCUT2D eigenvalue weighted by Crippen LogP contribution is 2.25. The lowest BCUT2D eigenvalue weighted by Gasteiger charge is -2.34. The van der Waals surface area contributed by atoms with Gasteiger partial charge in [0.25, 0.3) is 10.0 Å². The number of halogens is 1. The van der Waals surface area contributed by atoms with Crippen molar-refractivity contribution >= 4 is 43.5 Å². The van der Waals surface area contributed by atoms with Crippen LogP contribution in [-0.2, 0) is 32.6 Å². The number of sulfonamides is 1. The number of hydrogen-bond acceptors (Lipinski definition) is 4. The van der Waals surface area contributed by atoms with Gasteiger partial charge in [-0.2, -0.15) is 0 Å². The van der Waals surface area contributed by atoms with Crippen LogP contribution in [0.25, 0.3) is 0 Å². The normalized spacial score (nSPS) is 11.9. The molecule has 4 aromatic rings. The number of rotatable bonds is 13. The molecule has 4 rings (SSSR count). The molecule has 4 aromatic carbocycles. The molecule has 0 aromatic heterocycles. The van der Waals surface area contributed by atoms with E-state index >= 15 is 0 Å². The summed E-state index contributed by atoms with van der Waals surface area (Å²) in [6.07, 6.45) is 1.01. The standard InChI is InChI=1S/C33H34BrN3O4S/c1-2-22-35-33(39)31(23-26-12-6-3-7-13-26)36(24-27-18-20-28(34)21-19-27)32(38)25-37(29-14-8-4-9-15-29)42(40,41)30-16-10-5-11-17-30/h3-21,31H,2,22-25H2,1H3,(H,35,39)/t31-/m0/s1. The second-order valence-corrected chi connectivity index (χ2v) is 12.6. The average Bonchev–Trinajstić information content (AvgIpc) is 3.02. The third kappa shape index (κ3) is 8.08. The Labute approximate surface area is 256 Å². The van der Waals surface area contributed by atoms with E-state index in [9.17, 15) is 18.0 Å². The Morgan fingerprint density at radius 2 is 1.36 bits per heavy atom. The first kappa shape index (κ1) is 31.0. The summed E-state index contributed by atoms with van der Waals surface area (Å²) in [6.45, 7) is 2.06. The summed E-state index contributed by atoms with van der Waals surface area (Å²) >= 11 is 3.45. The molecule has 0 saturated heterocycles. The van der Waals surface area contributed by atoms with Crippen LogP contribution in [0.2, 0.25) is 0 Å². The van der Waals surface area contributed by atoms with Gasteiger partial charge in [0.15, 0.2) is 0 Å². The van der Waals surface area contributed by atoms with Gasteiger partial charge >= 0.3 is 0 Å². The van der Waals surface area contributed by atoms with Crippen LogP contribution in [0.1, 0.15) is 24.5 Å². The molecule has 0 heterocycles. The molecule has 1 N–H and O–H groups in total.